The number of aromatic nitrogens is 1. The Bertz CT molecular complexity index is 662. The molecule has 1 atom stereocenters. The molecule has 23 heavy (non-hydrogen) atoms. The third-order valence-electron chi connectivity index (χ3n) is 4.09. The number of hydrogen-bond acceptors (Lipinski definition) is 3. The lowest BCUT2D eigenvalue weighted by molar-refractivity contribution is -0.127. The number of hydrogen-bond donors (Lipinski definition) is 1. The topological polar surface area (TPSA) is 45.2 Å². The van der Waals surface area contributed by atoms with Crippen molar-refractivity contribution in [2.24, 2.45) is 0 Å². The first-order valence-electron chi connectivity index (χ1n) is 7.85. The average molecular weight is 330 g/mol. The van der Waals surface area contributed by atoms with E-state index in [1.807, 2.05) is 47.5 Å². The summed E-state index contributed by atoms with van der Waals surface area (Å²) in [4.78, 5) is 18.2. The highest BCUT2D eigenvalue weighted by Crippen LogP contribution is 2.15. The molecule has 1 N–H and O–H groups in total. The second kappa shape index (κ2) is 7.57. The second-order valence-electron chi connectivity index (χ2n) is 5.86. The van der Waals surface area contributed by atoms with Crippen LogP contribution in [0.3, 0.4) is 0 Å². The highest BCUT2D eigenvalue weighted by atomic mass is 35.5. The van der Waals surface area contributed by atoms with Crippen LogP contribution in [0, 0.1) is 0 Å². The van der Waals surface area contributed by atoms with Gasteiger partial charge in [-0.2, -0.15) is 0 Å². The van der Waals surface area contributed by atoms with E-state index >= 15 is 0 Å². The maximum Gasteiger partial charge on any atom is 0.224 e. The van der Waals surface area contributed by atoms with Crippen LogP contribution >= 0.6 is 11.6 Å². The van der Waals surface area contributed by atoms with Crippen molar-refractivity contribution in [1.29, 1.82) is 0 Å². The number of likely N-dealkylation sites (tertiary alicyclic amines) is 1. The molecule has 5 heteroatoms. The lowest BCUT2D eigenvalue weighted by Crippen LogP contribution is -2.33. The minimum atomic E-state index is 0.210. The molecule has 4 nitrogen and oxygen atoms in total. The molecule has 0 radical (unpaired) electrons. The predicted molar refractivity (Wildman–Crippen MR) is 91.2 cm³/mol. The highest BCUT2D eigenvalue weighted by Gasteiger charge is 2.28. The third kappa shape index (κ3) is 4.53. The van der Waals surface area contributed by atoms with Crippen LogP contribution in [0.4, 0.5) is 0 Å². The Labute approximate surface area is 141 Å². The molecule has 1 amide bonds. The van der Waals surface area contributed by atoms with Crippen molar-refractivity contribution in [3.63, 3.8) is 0 Å². The van der Waals surface area contributed by atoms with E-state index in [0.29, 0.717) is 6.42 Å². The van der Waals surface area contributed by atoms with Gasteiger partial charge in [0.2, 0.25) is 5.91 Å². The molecule has 0 spiro atoms. The molecule has 1 aromatic carbocycles. The van der Waals surface area contributed by atoms with Crippen LogP contribution in [0.15, 0.2) is 48.8 Å². The van der Waals surface area contributed by atoms with E-state index in [-0.39, 0.29) is 11.9 Å². The summed E-state index contributed by atoms with van der Waals surface area (Å²) in [7, 11) is 0. The van der Waals surface area contributed by atoms with Gasteiger partial charge in [-0.05, 0) is 35.7 Å². The van der Waals surface area contributed by atoms with Gasteiger partial charge in [-0.1, -0.05) is 29.8 Å². The third-order valence-corrected chi connectivity index (χ3v) is 4.33. The van der Waals surface area contributed by atoms with Gasteiger partial charge in [0, 0.05) is 49.5 Å². The van der Waals surface area contributed by atoms with Gasteiger partial charge < -0.3 is 10.2 Å². The van der Waals surface area contributed by atoms with Gasteiger partial charge in [0.05, 0.1) is 0 Å². The smallest absolute Gasteiger partial charge is 0.224 e. The first-order valence-corrected chi connectivity index (χ1v) is 8.23. The summed E-state index contributed by atoms with van der Waals surface area (Å²) in [6, 6.07) is 12.0. The Kier molecular flexibility index (Phi) is 5.26. The lowest BCUT2D eigenvalue weighted by atomic mass is 10.1. The van der Waals surface area contributed by atoms with Gasteiger partial charge >= 0.3 is 0 Å². The first-order chi connectivity index (χ1) is 11.2. The molecule has 0 saturated carbocycles. The fourth-order valence-corrected chi connectivity index (χ4v) is 3.06. The van der Waals surface area contributed by atoms with Gasteiger partial charge in [0.15, 0.2) is 0 Å². The number of benzene rings is 1. The number of carbonyl (C=O) groups is 1. The van der Waals surface area contributed by atoms with Crippen LogP contribution in [0.1, 0.15) is 17.5 Å². The zero-order chi connectivity index (χ0) is 16.1. The highest BCUT2D eigenvalue weighted by molar-refractivity contribution is 6.30. The number of nitrogens with one attached hydrogen (secondary N) is 1. The van der Waals surface area contributed by atoms with Crippen LogP contribution in [0.25, 0.3) is 0 Å². The number of pyridine rings is 1. The molecule has 2 heterocycles. The number of rotatable bonds is 6. The average Bonchev–Trinajstić information content (AvgIpc) is 2.92. The monoisotopic (exact) mass is 329 g/mol. The van der Waals surface area contributed by atoms with E-state index in [1.165, 1.54) is 0 Å². The quantitative estimate of drug-likeness (QED) is 0.886. The molecule has 0 bridgehead atoms. The Morgan fingerprint density at radius 3 is 2.91 bits per heavy atom. The van der Waals surface area contributed by atoms with Gasteiger partial charge in [0.1, 0.15) is 0 Å². The van der Waals surface area contributed by atoms with E-state index in [9.17, 15) is 4.79 Å². The Morgan fingerprint density at radius 1 is 1.26 bits per heavy atom. The number of halogens is 1. The minimum Gasteiger partial charge on any atom is -0.341 e. The molecule has 1 fully saturated rings. The zero-order valence-corrected chi connectivity index (χ0v) is 13.7. The summed E-state index contributed by atoms with van der Waals surface area (Å²) in [5.41, 5.74) is 2.30. The van der Waals surface area contributed by atoms with Crippen LogP contribution in [0.2, 0.25) is 5.02 Å². The SMILES string of the molecule is O=C1C[C@@H](NCc2cccnc2)CN1CCc1cccc(Cl)c1. The zero-order valence-electron chi connectivity index (χ0n) is 12.9. The second-order valence-corrected chi connectivity index (χ2v) is 6.30. The molecule has 3 rings (SSSR count). The fraction of sp³-hybridized carbons (Fsp3) is 0.333. The first kappa shape index (κ1) is 16.0. The van der Waals surface area contributed by atoms with Crippen molar-refractivity contribution in [2.75, 3.05) is 13.1 Å². The van der Waals surface area contributed by atoms with Crippen molar-refractivity contribution in [3.8, 4) is 0 Å². The van der Waals surface area contributed by atoms with Crippen molar-refractivity contribution in [3.05, 3.63) is 64.9 Å². The van der Waals surface area contributed by atoms with E-state index in [1.54, 1.807) is 6.20 Å². The molecular formula is C18H20ClN3O. The maximum absolute atomic E-state index is 12.1. The standard InChI is InChI=1S/C18H20ClN3O/c19-16-5-1-3-14(9-16)6-8-22-13-17(10-18(22)23)21-12-15-4-2-7-20-11-15/h1-5,7,9,11,17,21H,6,8,10,12-13H2/t17-/m1/s1. The van der Waals surface area contributed by atoms with E-state index < -0.39 is 0 Å². The van der Waals surface area contributed by atoms with Gasteiger partial charge in [-0.25, -0.2) is 0 Å². The Morgan fingerprint density at radius 2 is 2.13 bits per heavy atom. The van der Waals surface area contributed by atoms with E-state index in [0.717, 1.165) is 42.2 Å². The summed E-state index contributed by atoms with van der Waals surface area (Å²) in [5.74, 6) is 0.218. The molecule has 0 aliphatic carbocycles. The van der Waals surface area contributed by atoms with Gasteiger partial charge in [-0.3, -0.25) is 9.78 Å². The molecule has 120 valence electrons. The molecule has 1 saturated heterocycles. The summed E-state index contributed by atoms with van der Waals surface area (Å²) in [6.45, 7) is 2.25. The van der Waals surface area contributed by atoms with Crippen molar-refractivity contribution >= 4 is 17.5 Å². The van der Waals surface area contributed by atoms with E-state index in [2.05, 4.69) is 10.3 Å². The fourth-order valence-electron chi connectivity index (χ4n) is 2.85. The van der Waals surface area contributed by atoms with Crippen LogP contribution < -0.4 is 5.32 Å². The number of nitrogens with zero attached hydrogens (tertiary/aromatic N) is 2. The number of carbonyl (C=O) groups excluding carboxylic acids is 1. The van der Waals surface area contributed by atoms with Crippen molar-refractivity contribution in [1.82, 2.24) is 15.2 Å². The Balaban J connectivity index is 1.47. The van der Waals surface area contributed by atoms with Crippen LogP contribution in [0.5, 0.6) is 0 Å². The van der Waals surface area contributed by atoms with E-state index in [4.69, 9.17) is 11.6 Å². The summed E-state index contributed by atoms with van der Waals surface area (Å²) in [6.07, 6.45) is 5.01. The minimum absolute atomic E-state index is 0.210. The number of amides is 1. The summed E-state index contributed by atoms with van der Waals surface area (Å²) >= 11 is 6.00. The molecule has 1 aliphatic heterocycles. The molecule has 0 unspecified atom stereocenters. The molecule has 1 aliphatic rings. The summed E-state index contributed by atoms with van der Waals surface area (Å²) in [5, 5.41) is 4.18. The normalized spacial score (nSPS) is 17.7. The molecule has 1 aromatic heterocycles. The van der Waals surface area contributed by atoms with Gasteiger partial charge in [0.25, 0.3) is 0 Å². The molecular weight excluding hydrogens is 310 g/mol. The predicted octanol–water partition coefficient (Wildman–Crippen LogP) is 2.67. The Hall–Kier alpha value is -1.91. The van der Waals surface area contributed by atoms with Gasteiger partial charge in [-0.15, -0.1) is 0 Å². The molecule has 2 aromatic rings. The van der Waals surface area contributed by atoms with Crippen LogP contribution in [-0.2, 0) is 17.8 Å². The largest absolute Gasteiger partial charge is 0.341 e. The van der Waals surface area contributed by atoms with Crippen molar-refractivity contribution < 1.29 is 4.79 Å². The lowest BCUT2D eigenvalue weighted by Gasteiger charge is -2.17. The van der Waals surface area contributed by atoms with Crippen LogP contribution in [-0.4, -0.2) is 34.9 Å². The maximum atomic E-state index is 12.1. The summed E-state index contributed by atoms with van der Waals surface area (Å²) < 4.78 is 0. The van der Waals surface area contributed by atoms with Crippen molar-refractivity contribution in [2.45, 2.75) is 25.4 Å².